The van der Waals surface area contributed by atoms with Gasteiger partial charge in [0.05, 0.1) is 23.7 Å². The Morgan fingerprint density at radius 3 is 2.82 bits per heavy atom. The maximum absolute atomic E-state index is 13.5. The van der Waals surface area contributed by atoms with Crippen LogP contribution in [0.25, 0.3) is 0 Å². The van der Waals surface area contributed by atoms with Crippen LogP contribution in [-0.4, -0.2) is 24.7 Å². The summed E-state index contributed by atoms with van der Waals surface area (Å²) in [7, 11) is 0. The molecule has 0 saturated carbocycles. The van der Waals surface area contributed by atoms with Gasteiger partial charge in [-0.25, -0.2) is 9.37 Å². The molecule has 0 aliphatic carbocycles. The number of rotatable bonds is 5. The van der Waals surface area contributed by atoms with E-state index in [1.165, 1.54) is 6.20 Å². The number of alkyl halides is 1. The van der Waals surface area contributed by atoms with Gasteiger partial charge in [0, 0.05) is 19.3 Å². The summed E-state index contributed by atoms with van der Waals surface area (Å²) in [6.07, 6.45) is 2.71. The van der Waals surface area contributed by atoms with E-state index < -0.39 is 5.82 Å². The molecule has 0 atom stereocenters. The molecule has 0 amide bonds. The van der Waals surface area contributed by atoms with Gasteiger partial charge in [-0.2, -0.15) is 3.89 Å². The Bertz CT molecular complexity index is 383. The van der Waals surface area contributed by atoms with Gasteiger partial charge >= 0.3 is 0 Å². The second kappa shape index (κ2) is 5.62. The number of aromatic nitrogens is 1. The Morgan fingerprint density at radius 1 is 1.47 bits per heavy atom. The van der Waals surface area contributed by atoms with E-state index in [0.29, 0.717) is 25.4 Å². The lowest BCUT2D eigenvalue weighted by molar-refractivity contribution is 0.342. The maximum atomic E-state index is 13.5. The van der Waals surface area contributed by atoms with Crippen LogP contribution in [0.15, 0.2) is 17.2 Å². The third-order valence-corrected chi connectivity index (χ3v) is 3.29. The first-order valence-corrected chi connectivity index (χ1v) is 6.21. The zero-order valence-electron chi connectivity index (χ0n) is 9.20. The number of halogens is 3. The van der Waals surface area contributed by atoms with E-state index in [4.69, 9.17) is 0 Å². The van der Waals surface area contributed by atoms with Crippen LogP contribution in [0.4, 0.5) is 18.5 Å². The van der Waals surface area contributed by atoms with Gasteiger partial charge in [-0.3, -0.25) is 4.39 Å². The van der Waals surface area contributed by atoms with Crippen LogP contribution in [0.5, 0.6) is 0 Å². The Morgan fingerprint density at radius 2 is 2.24 bits per heavy atom. The van der Waals surface area contributed by atoms with Crippen molar-refractivity contribution in [1.29, 1.82) is 0 Å². The van der Waals surface area contributed by atoms with Crippen molar-refractivity contribution >= 4 is 18.0 Å². The van der Waals surface area contributed by atoms with Crippen LogP contribution < -0.4 is 4.90 Å². The van der Waals surface area contributed by atoms with Crippen LogP contribution in [-0.2, 0) is 0 Å². The van der Waals surface area contributed by atoms with E-state index in [0.717, 1.165) is 12.5 Å². The predicted molar refractivity (Wildman–Crippen MR) is 62.1 cm³/mol. The minimum absolute atomic E-state index is 0.0220. The van der Waals surface area contributed by atoms with Crippen LogP contribution in [0, 0.1) is 11.7 Å². The van der Waals surface area contributed by atoms with Crippen molar-refractivity contribution in [3.8, 4) is 0 Å². The van der Waals surface area contributed by atoms with Gasteiger partial charge in [0.2, 0.25) is 0 Å². The average molecular weight is 262 g/mol. The number of nitrogens with zero attached hydrogens (tertiary/aromatic N) is 2. The van der Waals surface area contributed by atoms with E-state index in [2.05, 4.69) is 4.98 Å². The van der Waals surface area contributed by atoms with Gasteiger partial charge < -0.3 is 4.90 Å². The molecule has 0 aromatic carbocycles. The van der Waals surface area contributed by atoms with Crippen LogP contribution in [0.1, 0.15) is 12.8 Å². The van der Waals surface area contributed by atoms with Crippen molar-refractivity contribution in [2.24, 2.45) is 5.92 Å². The van der Waals surface area contributed by atoms with Gasteiger partial charge in [-0.05, 0) is 24.8 Å². The lowest BCUT2D eigenvalue weighted by Crippen LogP contribution is -2.47. The monoisotopic (exact) mass is 262 g/mol. The third kappa shape index (κ3) is 2.86. The van der Waals surface area contributed by atoms with Crippen molar-refractivity contribution in [2.75, 3.05) is 24.7 Å². The Hall–Kier alpha value is -0.910. The van der Waals surface area contributed by atoms with Crippen LogP contribution in [0.2, 0.25) is 0 Å². The molecule has 94 valence electrons. The smallest absolute Gasteiger partial charge is 0.166 e. The molecular weight excluding hydrogens is 249 g/mol. The van der Waals surface area contributed by atoms with Crippen molar-refractivity contribution in [3.05, 3.63) is 18.1 Å². The molecule has 0 N–H and O–H groups in total. The summed E-state index contributed by atoms with van der Waals surface area (Å²) in [6, 6.07) is 1.14. The summed E-state index contributed by atoms with van der Waals surface area (Å²) in [4.78, 5) is 5.87. The fourth-order valence-corrected chi connectivity index (χ4v) is 2.22. The van der Waals surface area contributed by atoms with Crippen molar-refractivity contribution in [3.63, 3.8) is 0 Å². The Kier molecular flexibility index (Phi) is 4.15. The molecule has 0 unspecified atom stereocenters. The molecule has 17 heavy (non-hydrogen) atoms. The fourth-order valence-electron chi connectivity index (χ4n) is 1.98. The van der Waals surface area contributed by atoms with E-state index in [-0.39, 0.29) is 29.5 Å². The topological polar surface area (TPSA) is 16.1 Å². The molecule has 1 saturated heterocycles. The predicted octanol–water partition coefficient (Wildman–Crippen LogP) is 3.38. The third-order valence-electron chi connectivity index (χ3n) is 2.89. The minimum atomic E-state index is -0.503. The first-order valence-electron chi connectivity index (χ1n) is 5.49. The van der Waals surface area contributed by atoms with Gasteiger partial charge in [0.1, 0.15) is 0 Å². The van der Waals surface area contributed by atoms with Gasteiger partial charge in [-0.15, -0.1) is 0 Å². The van der Waals surface area contributed by atoms with E-state index in [9.17, 15) is 12.7 Å². The van der Waals surface area contributed by atoms with Crippen molar-refractivity contribution in [2.45, 2.75) is 17.7 Å². The molecule has 0 bridgehead atoms. The number of hydrogen-bond donors (Lipinski definition) is 0. The number of hydrogen-bond acceptors (Lipinski definition) is 3. The highest BCUT2D eigenvalue weighted by atomic mass is 32.2. The van der Waals surface area contributed by atoms with E-state index >= 15 is 0 Å². The van der Waals surface area contributed by atoms with Crippen LogP contribution in [0.3, 0.4) is 0 Å². The second-order valence-corrected chi connectivity index (χ2v) is 4.78. The number of anilines is 1. The molecule has 1 aromatic rings. The summed E-state index contributed by atoms with van der Waals surface area (Å²) >= 11 is -0.0220. The lowest BCUT2D eigenvalue weighted by Gasteiger charge is -2.40. The highest BCUT2D eigenvalue weighted by Crippen LogP contribution is 2.29. The molecule has 1 aliphatic heterocycles. The first-order chi connectivity index (χ1) is 8.24. The second-order valence-electron chi connectivity index (χ2n) is 4.16. The average Bonchev–Trinajstić information content (AvgIpc) is 2.28. The molecule has 0 radical (unpaired) electrons. The molecule has 1 fully saturated rings. The normalized spacial score (nSPS) is 16.1. The zero-order valence-corrected chi connectivity index (χ0v) is 10.0. The summed E-state index contributed by atoms with van der Waals surface area (Å²) < 4.78 is 37.7. The molecule has 0 spiro atoms. The van der Waals surface area contributed by atoms with E-state index in [1.807, 2.05) is 0 Å². The molecule has 6 heteroatoms. The maximum Gasteiger partial charge on any atom is 0.166 e. The summed E-state index contributed by atoms with van der Waals surface area (Å²) in [5, 5.41) is 0. The Labute approximate surface area is 103 Å². The molecule has 2 rings (SSSR count). The van der Waals surface area contributed by atoms with Crippen LogP contribution >= 0.6 is 12.1 Å². The lowest BCUT2D eigenvalue weighted by atomic mass is 9.95. The molecular formula is C11H13F3N2S. The SMILES string of the molecule is FCCCC1CN(c2ncc(SF)cc2F)C1. The van der Waals surface area contributed by atoms with Gasteiger partial charge in [0.25, 0.3) is 0 Å². The number of pyridine rings is 1. The highest BCUT2D eigenvalue weighted by molar-refractivity contribution is 7.94. The molecule has 1 aromatic heterocycles. The fraction of sp³-hybridized carbons (Fsp3) is 0.545. The largest absolute Gasteiger partial charge is 0.353 e. The molecule has 2 heterocycles. The summed E-state index contributed by atoms with van der Waals surface area (Å²) in [5.74, 6) is 0.179. The standard InChI is InChI=1S/C11H13F3N2S/c12-3-1-2-8-6-16(7-8)11-10(13)4-9(17-14)5-15-11/h4-5,8H,1-3,6-7H2. The highest BCUT2D eigenvalue weighted by Gasteiger charge is 2.29. The first kappa shape index (κ1) is 12.5. The zero-order chi connectivity index (χ0) is 12.3. The van der Waals surface area contributed by atoms with Gasteiger partial charge in [-0.1, -0.05) is 0 Å². The quantitative estimate of drug-likeness (QED) is 0.809. The van der Waals surface area contributed by atoms with Crippen molar-refractivity contribution in [1.82, 2.24) is 4.98 Å². The molecule has 1 aliphatic rings. The Balaban J connectivity index is 1.92. The van der Waals surface area contributed by atoms with Gasteiger partial charge in [0.15, 0.2) is 11.6 Å². The minimum Gasteiger partial charge on any atom is -0.353 e. The summed E-state index contributed by atoms with van der Waals surface area (Å²) in [6.45, 7) is 1.10. The van der Waals surface area contributed by atoms with Crippen molar-refractivity contribution < 1.29 is 12.7 Å². The molecule has 2 nitrogen and oxygen atoms in total. The summed E-state index contributed by atoms with van der Waals surface area (Å²) in [5.41, 5.74) is 0. The van der Waals surface area contributed by atoms with E-state index in [1.54, 1.807) is 4.90 Å².